The second-order valence-electron chi connectivity index (χ2n) is 8.69. The number of amides is 1. The monoisotopic (exact) mass is 343 g/mol. The molecule has 3 nitrogen and oxygen atoms in total. The molecule has 2 atom stereocenters. The third-order valence-electron chi connectivity index (χ3n) is 6.37. The van der Waals surface area contributed by atoms with Crippen molar-refractivity contribution in [3.05, 3.63) is 35.4 Å². The number of hydrogen-bond acceptors (Lipinski definition) is 2. The first-order valence-electron chi connectivity index (χ1n) is 9.95. The quantitative estimate of drug-likeness (QED) is 0.848. The second kappa shape index (κ2) is 7.49. The summed E-state index contributed by atoms with van der Waals surface area (Å²) < 4.78 is 0. The molecular weight excluding hydrogens is 310 g/mol. The fourth-order valence-corrected chi connectivity index (χ4v) is 4.76. The molecule has 0 radical (unpaired) electrons. The molecule has 0 aromatic heterocycles. The lowest BCUT2D eigenvalue weighted by Crippen LogP contribution is -2.59. The second-order valence-corrected chi connectivity index (χ2v) is 8.69. The van der Waals surface area contributed by atoms with Crippen molar-refractivity contribution in [3.63, 3.8) is 0 Å². The van der Waals surface area contributed by atoms with Crippen molar-refractivity contribution in [1.29, 1.82) is 0 Å². The SMILES string of the molecule is CC[C@H](CO)C(=O)N1CC2(CC[C@@H](Cc3cccc(C(C)C)c3)C2)C1. The Hall–Kier alpha value is -1.35. The summed E-state index contributed by atoms with van der Waals surface area (Å²) in [6.07, 6.45) is 5.68. The van der Waals surface area contributed by atoms with Crippen LogP contribution in [0, 0.1) is 17.3 Å². The Morgan fingerprint density at radius 1 is 1.36 bits per heavy atom. The van der Waals surface area contributed by atoms with Gasteiger partial charge in [-0.1, -0.05) is 45.0 Å². The molecule has 0 unspecified atom stereocenters. The highest BCUT2D eigenvalue weighted by atomic mass is 16.3. The number of aliphatic hydroxyl groups is 1. The summed E-state index contributed by atoms with van der Waals surface area (Å²) in [5, 5.41) is 9.34. The van der Waals surface area contributed by atoms with Crippen LogP contribution < -0.4 is 0 Å². The minimum atomic E-state index is -0.201. The van der Waals surface area contributed by atoms with Gasteiger partial charge >= 0.3 is 0 Å². The van der Waals surface area contributed by atoms with Crippen LogP contribution in [0.3, 0.4) is 0 Å². The van der Waals surface area contributed by atoms with E-state index in [0.717, 1.165) is 25.4 Å². The zero-order chi connectivity index (χ0) is 18.0. The lowest BCUT2D eigenvalue weighted by molar-refractivity contribution is -0.149. The average molecular weight is 344 g/mol. The van der Waals surface area contributed by atoms with Gasteiger partial charge in [-0.2, -0.15) is 0 Å². The van der Waals surface area contributed by atoms with Gasteiger partial charge < -0.3 is 10.0 Å². The van der Waals surface area contributed by atoms with Crippen molar-refractivity contribution < 1.29 is 9.90 Å². The van der Waals surface area contributed by atoms with Gasteiger partial charge in [0.25, 0.3) is 0 Å². The number of aliphatic hydroxyl groups excluding tert-OH is 1. The van der Waals surface area contributed by atoms with Gasteiger partial charge in [-0.3, -0.25) is 4.79 Å². The number of likely N-dealkylation sites (tertiary alicyclic amines) is 1. The fraction of sp³-hybridized carbons (Fsp3) is 0.682. The molecule has 2 aliphatic rings. The largest absolute Gasteiger partial charge is 0.396 e. The number of rotatable bonds is 6. The summed E-state index contributed by atoms with van der Waals surface area (Å²) >= 11 is 0. The zero-order valence-electron chi connectivity index (χ0n) is 16.0. The predicted octanol–water partition coefficient (Wildman–Crippen LogP) is 4.00. The first-order valence-corrected chi connectivity index (χ1v) is 9.95. The van der Waals surface area contributed by atoms with Crippen molar-refractivity contribution in [2.75, 3.05) is 19.7 Å². The topological polar surface area (TPSA) is 40.5 Å². The lowest BCUT2D eigenvalue weighted by Gasteiger charge is -2.49. The molecule has 1 heterocycles. The van der Waals surface area contributed by atoms with Crippen molar-refractivity contribution in [1.82, 2.24) is 4.90 Å². The standard InChI is InChI=1S/C22H33NO2/c1-4-19(13-24)21(25)23-14-22(15-23)9-8-18(12-22)10-17-6-5-7-20(11-17)16(2)3/h5-7,11,16,18-19,24H,4,8-10,12-15H2,1-3H3/t18-,19+/m0/s1. The van der Waals surface area contributed by atoms with Gasteiger partial charge in [0.1, 0.15) is 0 Å². The van der Waals surface area contributed by atoms with Gasteiger partial charge in [-0.25, -0.2) is 0 Å². The molecule has 1 aromatic carbocycles. The van der Waals surface area contributed by atoms with E-state index in [1.54, 1.807) is 0 Å². The number of hydrogen-bond donors (Lipinski definition) is 1. The van der Waals surface area contributed by atoms with Crippen LogP contribution in [0.1, 0.15) is 63.5 Å². The Bertz CT molecular complexity index is 600. The maximum Gasteiger partial charge on any atom is 0.228 e. The number of carbonyl (C=O) groups is 1. The molecule has 0 bridgehead atoms. The minimum Gasteiger partial charge on any atom is -0.396 e. The van der Waals surface area contributed by atoms with E-state index in [0.29, 0.717) is 11.3 Å². The summed E-state index contributed by atoms with van der Waals surface area (Å²) in [4.78, 5) is 14.3. The molecule has 3 heteroatoms. The van der Waals surface area contributed by atoms with E-state index in [4.69, 9.17) is 0 Å². The highest BCUT2D eigenvalue weighted by Crippen LogP contribution is 2.49. The number of nitrogens with zero attached hydrogens (tertiary/aromatic N) is 1. The molecule has 1 spiro atoms. The molecule has 1 amide bonds. The molecule has 1 N–H and O–H groups in total. The van der Waals surface area contributed by atoms with Crippen LogP contribution in [0.2, 0.25) is 0 Å². The van der Waals surface area contributed by atoms with Gasteiger partial charge in [-0.15, -0.1) is 0 Å². The first kappa shape index (κ1) is 18.4. The van der Waals surface area contributed by atoms with E-state index < -0.39 is 0 Å². The van der Waals surface area contributed by atoms with Crippen molar-refractivity contribution in [2.45, 2.75) is 58.8 Å². The van der Waals surface area contributed by atoms with Crippen LogP contribution in [0.25, 0.3) is 0 Å². The van der Waals surface area contributed by atoms with Crippen LogP contribution >= 0.6 is 0 Å². The van der Waals surface area contributed by atoms with Gasteiger partial charge in [0, 0.05) is 18.5 Å². The first-order chi connectivity index (χ1) is 12.0. The Morgan fingerprint density at radius 3 is 2.76 bits per heavy atom. The van der Waals surface area contributed by atoms with Crippen molar-refractivity contribution in [3.8, 4) is 0 Å². The molecule has 3 rings (SSSR count). The number of carbonyl (C=O) groups excluding carboxylic acids is 1. The third kappa shape index (κ3) is 3.92. The smallest absolute Gasteiger partial charge is 0.228 e. The Morgan fingerprint density at radius 2 is 2.12 bits per heavy atom. The maximum atomic E-state index is 12.4. The summed E-state index contributed by atoms with van der Waals surface area (Å²) in [5.74, 6) is 1.29. The van der Waals surface area contributed by atoms with E-state index in [2.05, 4.69) is 38.1 Å². The Labute approximate surface area is 152 Å². The predicted molar refractivity (Wildman–Crippen MR) is 101 cm³/mol. The minimum absolute atomic E-state index is 0.0202. The van der Waals surface area contributed by atoms with Crippen LogP contribution in [0.15, 0.2) is 24.3 Å². The molecule has 1 saturated heterocycles. The molecule has 2 fully saturated rings. The summed E-state index contributed by atoms with van der Waals surface area (Å²) in [6, 6.07) is 9.06. The summed E-state index contributed by atoms with van der Waals surface area (Å²) in [7, 11) is 0. The highest BCUT2D eigenvalue weighted by molar-refractivity contribution is 5.80. The molecule has 138 valence electrons. The third-order valence-corrected chi connectivity index (χ3v) is 6.37. The lowest BCUT2D eigenvalue weighted by atomic mass is 9.76. The number of benzene rings is 1. The summed E-state index contributed by atoms with van der Waals surface area (Å²) in [5.41, 5.74) is 3.26. The molecule has 25 heavy (non-hydrogen) atoms. The molecule has 1 aliphatic heterocycles. The van der Waals surface area contributed by atoms with Crippen LogP contribution in [-0.4, -0.2) is 35.6 Å². The average Bonchev–Trinajstić information content (AvgIpc) is 2.99. The van der Waals surface area contributed by atoms with Gasteiger partial charge in [-0.05, 0) is 55.1 Å². The molecule has 1 saturated carbocycles. The molecule has 1 aliphatic carbocycles. The van der Waals surface area contributed by atoms with E-state index in [9.17, 15) is 9.90 Å². The Balaban J connectivity index is 1.53. The van der Waals surface area contributed by atoms with Crippen LogP contribution in [0.5, 0.6) is 0 Å². The fourth-order valence-electron chi connectivity index (χ4n) is 4.76. The normalized spacial score (nSPS) is 23.1. The molecule has 1 aromatic rings. The zero-order valence-corrected chi connectivity index (χ0v) is 16.0. The highest BCUT2D eigenvalue weighted by Gasteiger charge is 2.49. The van der Waals surface area contributed by atoms with Crippen LogP contribution in [0.4, 0.5) is 0 Å². The molecular formula is C22H33NO2. The van der Waals surface area contributed by atoms with E-state index in [1.165, 1.54) is 36.8 Å². The van der Waals surface area contributed by atoms with Crippen molar-refractivity contribution >= 4 is 5.91 Å². The van der Waals surface area contributed by atoms with Crippen molar-refractivity contribution in [2.24, 2.45) is 17.3 Å². The van der Waals surface area contributed by atoms with Gasteiger partial charge in [0.15, 0.2) is 0 Å². The van der Waals surface area contributed by atoms with E-state index in [1.807, 2.05) is 11.8 Å². The van der Waals surface area contributed by atoms with E-state index >= 15 is 0 Å². The Kier molecular flexibility index (Phi) is 5.52. The van der Waals surface area contributed by atoms with Gasteiger partial charge in [0.05, 0.1) is 12.5 Å². The summed E-state index contributed by atoms with van der Waals surface area (Å²) in [6.45, 7) is 8.27. The van der Waals surface area contributed by atoms with Crippen LogP contribution in [-0.2, 0) is 11.2 Å². The van der Waals surface area contributed by atoms with Gasteiger partial charge in [0.2, 0.25) is 5.91 Å². The van der Waals surface area contributed by atoms with E-state index in [-0.39, 0.29) is 18.4 Å². The maximum absolute atomic E-state index is 12.4.